The summed E-state index contributed by atoms with van der Waals surface area (Å²) < 4.78 is 30.7. The quantitative estimate of drug-likeness (QED) is 0.363. The molecule has 0 saturated carbocycles. The molecule has 3 aromatic rings. The van der Waals surface area contributed by atoms with Gasteiger partial charge in [-0.2, -0.15) is 0 Å². The first kappa shape index (κ1) is 18.4. The van der Waals surface area contributed by atoms with Crippen LogP contribution in [0.5, 0.6) is 11.5 Å². The first-order valence-electron chi connectivity index (χ1n) is 8.76. The molecule has 0 unspecified atom stereocenters. The Morgan fingerprint density at radius 1 is 1.17 bits per heavy atom. The Hall–Kier alpha value is -3.94. The highest BCUT2D eigenvalue weighted by Gasteiger charge is 2.12. The summed E-state index contributed by atoms with van der Waals surface area (Å²) in [4.78, 5) is 11.8. The SMILES string of the molecule is O=C(/C=C/C=C/c1ccc2c(c1)OCO2)OCc1cn(-c2ccccc2F)nn1. The van der Waals surface area contributed by atoms with Crippen molar-refractivity contribution in [2.45, 2.75) is 6.61 Å². The van der Waals surface area contributed by atoms with E-state index in [-0.39, 0.29) is 19.1 Å². The van der Waals surface area contributed by atoms with Crippen LogP contribution in [0, 0.1) is 5.82 Å². The number of aromatic nitrogens is 3. The molecular weight excluding hydrogens is 377 g/mol. The molecule has 4 rings (SSSR count). The molecule has 146 valence electrons. The Bertz CT molecular complexity index is 1090. The van der Waals surface area contributed by atoms with E-state index >= 15 is 0 Å². The number of para-hydroxylation sites is 1. The summed E-state index contributed by atoms with van der Waals surface area (Å²) in [6.07, 6.45) is 7.92. The van der Waals surface area contributed by atoms with E-state index in [2.05, 4.69) is 10.3 Å². The summed E-state index contributed by atoms with van der Waals surface area (Å²) in [5.41, 5.74) is 1.59. The van der Waals surface area contributed by atoms with Crippen LogP contribution >= 0.6 is 0 Å². The summed E-state index contributed by atoms with van der Waals surface area (Å²) in [6, 6.07) is 11.8. The number of benzene rings is 2. The summed E-state index contributed by atoms with van der Waals surface area (Å²) in [5.74, 6) is 0.464. The molecule has 0 atom stereocenters. The zero-order chi connectivity index (χ0) is 20.1. The van der Waals surface area contributed by atoms with Crippen LogP contribution in [0.4, 0.5) is 4.39 Å². The first-order chi connectivity index (χ1) is 14.2. The second-order valence-corrected chi connectivity index (χ2v) is 6.04. The first-order valence-corrected chi connectivity index (χ1v) is 8.76. The van der Waals surface area contributed by atoms with Crippen molar-refractivity contribution >= 4 is 12.0 Å². The van der Waals surface area contributed by atoms with Crippen molar-refractivity contribution < 1.29 is 23.4 Å². The average molecular weight is 393 g/mol. The lowest BCUT2D eigenvalue weighted by Gasteiger charge is -2.00. The molecule has 0 saturated heterocycles. The molecule has 0 amide bonds. The fourth-order valence-electron chi connectivity index (χ4n) is 2.63. The number of hydrogen-bond acceptors (Lipinski definition) is 6. The van der Waals surface area contributed by atoms with Crippen molar-refractivity contribution in [2.75, 3.05) is 6.79 Å². The van der Waals surface area contributed by atoms with E-state index in [1.54, 1.807) is 30.4 Å². The molecule has 0 N–H and O–H groups in total. The molecule has 1 aromatic heterocycles. The maximum atomic E-state index is 13.8. The maximum absolute atomic E-state index is 13.8. The molecule has 8 heteroatoms. The van der Waals surface area contributed by atoms with Crippen LogP contribution in [0.2, 0.25) is 0 Å². The Morgan fingerprint density at radius 3 is 2.93 bits per heavy atom. The standard InChI is InChI=1S/C21H16FN3O4/c22-17-6-2-3-7-18(17)25-12-16(23-24-25)13-27-21(26)8-4-1-5-15-9-10-19-20(11-15)29-14-28-19/h1-12H,13-14H2/b5-1+,8-4+. The van der Waals surface area contributed by atoms with Crippen molar-refractivity contribution in [1.82, 2.24) is 15.0 Å². The second-order valence-electron chi connectivity index (χ2n) is 6.04. The van der Waals surface area contributed by atoms with Crippen LogP contribution in [0.3, 0.4) is 0 Å². The number of esters is 1. The number of carbonyl (C=O) groups is 1. The Kier molecular flexibility index (Phi) is 5.33. The van der Waals surface area contributed by atoms with Crippen LogP contribution in [-0.4, -0.2) is 27.8 Å². The van der Waals surface area contributed by atoms with Gasteiger partial charge in [-0.15, -0.1) is 5.10 Å². The smallest absolute Gasteiger partial charge is 0.331 e. The van der Waals surface area contributed by atoms with E-state index in [9.17, 15) is 9.18 Å². The largest absolute Gasteiger partial charge is 0.456 e. The third-order valence-corrected chi connectivity index (χ3v) is 4.03. The molecule has 29 heavy (non-hydrogen) atoms. The minimum atomic E-state index is -0.527. The van der Waals surface area contributed by atoms with Crippen LogP contribution in [0.1, 0.15) is 11.3 Å². The average Bonchev–Trinajstić information content (AvgIpc) is 3.39. The maximum Gasteiger partial charge on any atom is 0.331 e. The van der Waals surface area contributed by atoms with E-state index in [1.807, 2.05) is 24.3 Å². The minimum Gasteiger partial charge on any atom is -0.456 e. The minimum absolute atomic E-state index is 0.0660. The van der Waals surface area contributed by atoms with Gasteiger partial charge in [0.15, 0.2) is 11.5 Å². The van der Waals surface area contributed by atoms with Gasteiger partial charge in [0.2, 0.25) is 6.79 Å². The van der Waals surface area contributed by atoms with E-state index < -0.39 is 11.8 Å². The number of ether oxygens (including phenoxy) is 3. The van der Waals surface area contributed by atoms with Gasteiger partial charge in [0.1, 0.15) is 23.8 Å². The number of carbonyl (C=O) groups excluding carboxylic acids is 1. The number of rotatable bonds is 6. The second kappa shape index (κ2) is 8.39. The van der Waals surface area contributed by atoms with Gasteiger partial charge in [-0.1, -0.05) is 41.6 Å². The van der Waals surface area contributed by atoms with Gasteiger partial charge in [0.05, 0.1) is 6.20 Å². The molecular formula is C21H16FN3O4. The lowest BCUT2D eigenvalue weighted by atomic mass is 10.2. The van der Waals surface area contributed by atoms with Gasteiger partial charge in [0, 0.05) is 6.08 Å². The van der Waals surface area contributed by atoms with Crippen LogP contribution in [-0.2, 0) is 16.1 Å². The highest BCUT2D eigenvalue weighted by Crippen LogP contribution is 2.32. The monoisotopic (exact) mass is 393 g/mol. The highest BCUT2D eigenvalue weighted by molar-refractivity contribution is 5.82. The zero-order valence-corrected chi connectivity index (χ0v) is 15.2. The number of fused-ring (bicyclic) bond motifs is 1. The molecule has 1 aliphatic heterocycles. The number of hydrogen-bond donors (Lipinski definition) is 0. The van der Waals surface area contributed by atoms with Crippen molar-refractivity contribution in [3.8, 4) is 17.2 Å². The van der Waals surface area contributed by atoms with Crippen molar-refractivity contribution in [1.29, 1.82) is 0 Å². The lowest BCUT2D eigenvalue weighted by molar-refractivity contribution is -0.139. The molecule has 2 aromatic carbocycles. The number of nitrogens with zero attached hydrogens (tertiary/aromatic N) is 3. The van der Waals surface area contributed by atoms with Gasteiger partial charge in [0.25, 0.3) is 0 Å². The van der Waals surface area contributed by atoms with Crippen LogP contribution < -0.4 is 9.47 Å². The normalized spacial score (nSPS) is 12.7. The third-order valence-electron chi connectivity index (χ3n) is 4.03. The van der Waals surface area contributed by atoms with Crippen LogP contribution in [0.25, 0.3) is 11.8 Å². The molecule has 1 aliphatic rings. The predicted molar refractivity (Wildman–Crippen MR) is 102 cm³/mol. The third kappa shape index (κ3) is 4.49. The Balaban J connectivity index is 1.28. The molecule has 7 nitrogen and oxygen atoms in total. The zero-order valence-electron chi connectivity index (χ0n) is 15.2. The summed E-state index contributed by atoms with van der Waals surface area (Å²) >= 11 is 0. The van der Waals surface area contributed by atoms with Crippen molar-refractivity contribution in [3.05, 3.63) is 84.0 Å². The van der Waals surface area contributed by atoms with Crippen LogP contribution in [0.15, 0.2) is 66.9 Å². The van der Waals surface area contributed by atoms with Gasteiger partial charge < -0.3 is 14.2 Å². The molecule has 0 radical (unpaired) electrons. The van der Waals surface area contributed by atoms with Gasteiger partial charge >= 0.3 is 5.97 Å². The fourth-order valence-corrected chi connectivity index (χ4v) is 2.63. The van der Waals surface area contributed by atoms with E-state index in [1.165, 1.54) is 23.0 Å². The van der Waals surface area contributed by atoms with Crippen molar-refractivity contribution in [3.63, 3.8) is 0 Å². The van der Waals surface area contributed by atoms with Gasteiger partial charge in [-0.3, -0.25) is 0 Å². The molecule has 2 heterocycles. The van der Waals surface area contributed by atoms with Gasteiger partial charge in [-0.25, -0.2) is 13.9 Å². The summed E-state index contributed by atoms with van der Waals surface area (Å²) in [7, 11) is 0. The fraction of sp³-hybridized carbons (Fsp3) is 0.0952. The summed E-state index contributed by atoms with van der Waals surface area (Å²) in [5, 5.41) is 7.73. The van der Waals surface area contributed by atoms with E-state index in [0.717, 1.165) is 5.56 Å². The molecule has 0 spiro atoms. The predicted octanol–water partition coefficient (Wildman–Crippen LogP) is 3.45. The van der Waals surface area contributed by atoms with E-state index in [4.69, 9.17) is 14.2 Å². The Morgan fingerprint density at radius 2 is 2.03 bits per heavy atom. The van der Waals surface area contributed by atoms with Crippen molar-refractivity contribution in [2.24, 2.45) is 0 Å². The van der Waals surface area contributed by atoms with Gasteiger partial charge in [-0.05, 0) is 29.8 Å². The highest BCUT2D eigenvalue weighted by atomic mass is 19.1. The molecule has 0 fully saturated rings. The number of allylic oxidation sites excluding steroid dienone is 2. The number of halogens is 1. The van der Waals surface area contributed by atoms with E-state index in [0.29, 0.717) is 17.2 Å². The molecule has 0 bridgehead atoms. The molecule has 0 aliphatic carbocycles. The lowest BCUT2D eigenvalue weighted by Crippen LogP contribution is -2.01. The topological polar surface area (TPSA) is 75.5 Å². The summed E-state index contributed by atoms with van der Waals surface area (Å²) in [6.45, 7) is 0.159. The Labute approximate surface area is 165 Å².